The molecule has 94 valence electrons. The van der Waals surface area contributed by atoms with Gasteiger partial charge in [0.1, 0.15) is 5.66 Å². The molecule has 0 aromatic carbocycles. The summed E-state index contributed by atoms with van der Waals surface area (Å²) >= 11 is 0. The van der Waals surface area contributed by atoms with Crippen LogP contribution in [0, 0.1) is 0 Å². The minimum absolute atomic E-state index is 0.754. The third-order valence-corrected chi connectivity index (χ3v) is 3.05. The van der Waals surface area contributed by atoms with Crippen LogP contribution in [0.15, 0.2) is 67.2 Å². The Bertz CT molecular complexity index is 634. The molecule has 0 fully saturated rings. The summed E-state index contributed by atoms with van der Waals surface area (Å²) in [6, 6.07) is 9.59. The lowest BCUT2D eigenvalue weighted by Gasteiger charge is -2.30. The second-order valence-corrected chi connectivity index (χ2v) is 4.35. The van der Waals surface area contributed by atoms with E-state index in [1.54, 1.807) is 12.4 Å². The van der Waals surface area contributed by atoms with Crippen LogP contribution in [-0.4, -0.2) is 9.97 Å². The molecule has 4 nitrogen and oxygen atoms in total. The summed E-state index contributed by atoms with van der Waals surface area (Å²) < 4.78 is 0. The molecule has 3 rings (SSSR count). The number of aromatic nitrogens is 2. The van der Waals surface area contributed by atoms with Gasteiger partial charge in [-0.25, -0.2) is 0 Å². The quantitative estimate of drug-likeness (QED) is 0.854. The molecule has 4 heteroatoms. The molecule has 19 heavy (non-hydrogen) atoms. The van der Waals surface area contributed by atoms with Gasteiger partial charge in [0, 0.05) is 18.0 Å². The number of allylic oxidation sites excluding steroid dienone is 2. The summed E-state index contributed by atoms with van der Waals surface area (Å²) in [6.45, 7) is 0. The highest BCUT2D eigenvalue weighted by Gasteiger charge is 2.27. The van der Waals surface area contributed by atoms with Gasteiger partial charge >= 0.3 is 0 Å². The monoisotopic (exact) mass is 250 g/mol. The van der Waals surface area contributed by atoms with Crippen molar-refractivity contribution in [3.63, 3.8) is 0 Å². The van der Waals surface area contributed by atoms with E-state index in [1.165, 1.54) is 0 Å². The number of pyridine rings is 2. The molecule has 3 heterocycles. The molecule has 0 aliphatic carbocycles. The standard InChI is InChI=1S/C15H14N4/c16-15(8-2-4-11-19-15)12-6-5-10-18-14(12)13-7-1-3-9-17-13/h1-11,19H,16H2. The maximum atomic E-state index is 6.40. The number of nitrogens with one attached hydrogen (secondary N) is 1. The van der Waals surface area contributed by atoms with E-state index >= 15 is 0 Å². The Labute approximate surface area is 111 Å². The molecule has 1 atom stereocenters. The average Bonchev–Trinajstić information content (AvgIpc) is 2.49. The van der Waals surface area contributed by atoms with Crippen LogP contribution in [0.2, 0.25) is 0 Å². The third-order valence-electron chi connectivity index (χ3n) is 3.05. The molecule has 3 N–H and O–H groups in total. The lowest BCUT2D eigenvalue weighted by atomic mass is 9.95. The van der Waals surface area contributed by atoms with Gasteiger partial charge in [0.15, 0.2) is 0 Å². The minimum Gasteiger partial charge on any atom is -0.366 e. The average molecular weight is 250 g/mol. The fourth-order valence-corrected chi connectivity index (χ4v) is 2.11. The summed E-state index contributed by atoms with van der Waals surface area (Å²) in [4.78, 5) is 8.78. The fourth-order valence-electron chi connectivity index (χ4n) is 2.11. The van der Waals surface area contributed by atoms with Crippen LogP contribution in [0.25, 0.3) is 11.4 Å². The van der Waals surface area contributed by atoms with Gasteiger partial charge in [0.2, 0.25) is 0 Å². The summed E-state index contributed by atoms with van der Waals surface area (Å²) in [5.41, 5.74) is 8.15. The summed E-state index contributed by atoms with van der Waals surface area (Å²) in [6.07, 6.45) is 11.1. The number of rotatable bonds is 2. The van der Waals surface area contributed by atoms with Gasteiger partial charge in [0.05, 0.1) is 11.4 Å². The molecule has 2 aromatic heterocycles. The van der Waals surface area contributed by atoms with Crippen molar-refractivity contribution in [1.82, 2.24) is 15.3 Å². The Balaban J connectivity index is 2.13. The molecule has 0 saturated heterocycles. The SMILES string of the molecule is NC1(c2cccnc2-c2ccccn2)C=CC=CN1. The lowest BCUT2D eigenvalue weighted by molar-refractivity contribution is 0.494. The van der Waals surface area contributed by atoms with E-state index in [2.05, 4.69) is 15.3 Å². The molecular formula is C15H14N4. The van der Waals surface area contributed by atoms with Gasteiger partial charge in [-0.15, -0.1) is 0 Å². The van der Waals surface area contributed by atoms with Crippen molar-refractivity contribution in [3.8, 4) is 11.4 Å². The maximum absolute atomic E-state index is 6.40. The highest BCUT2D eigenvalue weighted by atomic mass is 15.1. The predicted octanol–water partition coefficient (Wildman–Crippen LogP) is 1.93. The highest BCUT2D eigenvalue weighted by molar-refractivity contribution is 5.61. The summed E-state index contributed by atoms with van der Waals surface area (Å²) in [7, 11) is 0. The van der Waals surface area contributed by atoms with Crippen LogP contribution in [0.5, 0.6) is 0 Å². The van der Waals surface area contributed by atoms with E-state index in [9.17, 15) is 0 Å². The topological polar surface area (TPSA) is 63.8 Å². The molecule has 1 aliphatic rings. The molecule has 0 bridgehead atoms. The Kier molecular flexibility index (Phi) is 2.85. The Morgan fingerprint density at radius 3 is 2.63 bits per heavy atom. The van der Waals surface area contributed by atoms with E-state index in [1.807, 2.05) is 54.8 Å². The smallest absolute Gasteiger partial charge is 0.133 e. The first-order valence-corrected chi connectivity index (χ1v) is 6.07. The molecule has 1 unspecified atom stereocenters. The van der Waals surface area contributed by atoms with E-state index < -0.39 is 5.66 Å². The van der Waals surface area contributed by atoms with E-state index in [4.69, 9.17) is 5.73 Å². The minimum atomic E-state index is -0.754. The molecule has 0 spiro atoms. The van der Waals surface area contributed by atoms with Crippen LogP contribution in [-0.2, 0) is 5.66 Å². The normalized spacial score (nSPS) is 21.1. The molecule has 1 aliphatic heterocycles. The molecule has 0 saturated carbocycles. The molecular weight excluding hydrogens is 236 g/mol. The zero-order valence-corrected chi connectivity index (χ0v) is 10.3. The van der Waals surface area contributed by atoms with Crippen molar-refractivity contribution in [2.45, 2.75) is 5.66 Å². The Morgan fingerprint density at radius 1 is 1.00 bits per heavy atom. The van der Waals surface area contributed by atoms with Gasteiger partial charge in [-0.1, -0.05) is 18.2 Å². The van der Waals surface area contributed by atoms with E-state index in [0.717, 1.165) is 17.0 Å². The van der Waals surface area contributed by atoms with Crippen molar-refractivity contribution >= 4 is 0 Å². The second-order valence-electron chi connectivity index (χ2n) is 4.35. The maximum Gasteiger partial charge on any atom is 0.133 e. The van der Waals surface area contributed by atoms with Gasteiger partial charge in [0.25, 0.3) is 0 Å². The first kappa shape index (κ1) is 11.6. The number of nitrogens with two attached hydrogens (primary N) is 1. The van der Waals surface area contributed by atoms with Crippen LogP contribution >= 0.6 is 0 Å². The number of dihydropyridines is 1. The third kappa shape index (κ3) is 2.13. The predicted molar refractivity (Wildman–Crippen MR) is 74.7 cm³/mol. The first-order valence-electron chi connectivity index (χ1n) is 6.07. The Hall–Kier alpha value is -2.46. The van der Waals surface area contributed by atoms with Crippen LogP contribution in [0.1, 0.15) is 5.56 Å². The summed E-state index contributed by atoms with van der Waals surface area (Å²) in [5.74, 6) is 0. The van der Waals surface area contributed by atoms with Gasteiger partial charge in [-0.05, 0) is 36.6 Å². The largest absolute Gasteiger partial charge is 0.366 e. The van der Waals surface area contributed by atoms with Crippen molar-refractivity contribution in [2.24, 2.45) is 5.73 Å². The van der Waals surface area contributed by atoms with Crippen LogP contribution in [0.4, 0.5) is 0 Å². The second kappa shape index (κ2) is 4.66. The van der Waals surface area contributed by atoms with Crippen molar-refractivity contribution in [2.75, 3.05) is 0 Å². The molecule has 0 amide bonds. The van der Waals surface area contributed by atoms with E-state index in [0.29, 0.717) is 0 Å². The zero-order valence-electron chi connectivity index (χ0n) is 10.3. The van der Waals surface area contributed by atoms with Crippen LogP contribution < -0.4 is 11.1 Å². The van der Waals surface area contributed by atoms with Gasteiger partial charge < -0.3 is 11.1 Å². The van der Waals surface area contributed by atoms with Crippen LogP contribution in [0.3, 0.4) is 0 Å². The van der Waals surface area contributed by atoms with Crippen molar-refractivity contribution in [1.29, 1.82) is 0 Å². The lowest BCUT2D eigenvalue weighted by Crippen LogP contribution is -2.47. The fraction of sp³-hybridized carbons (Fsp3) is 0.0667. The number of hydrogen-bond donors (Lipinski definition) is 2. The summed E-state index contributed by atoms with van der Waals surface area (Å²) in [5, 5.41) is 3.16. The van der Waals surface area contributed by atoms with Crippen molar-refractivity contribution < 1.29 is 0 Å². The first-order chi connectivity index (χ1) is 9.30. The number of nitrogens with zero attached hydrogens (tertiary/aromatic N) is 2. The zero-order chi connectivity index (χ0) is 13.1. The van der Waals surface area contributed by atoms with Gasteiger partial charge in [-0.3, -0.25) is 9.97 Å². The molecule has 2 aromatic rings. The van der Waals surface area contributed by atoms with Gasteiger partial charge in [-0.2, -0.15) is 0 Å². The Morgan fingerprint density at radius 2 is 1.89 bits per heavy atom. The molecule has 0 radical (unpaired) electrons. The van der Waals surface area contributed by atoms with E-state index in [-0.39, 0.29) is 0 Å². The number of hydrogen-bond acceptors (Lipinski definition) is 4. The van der Waals surface area contributed by atoms with Crippen molar-refractivity contribution in [3.05, 3.63) is 72.7 Å². The highest BCUT2D eigenvalue weighted by Crippen LogP contribution is 2.27.